The zero-order chi connectivity index (χ0) is 52.0. The van der Waals surface area contributed by atoms with E-state index in [1.54, 1.807) is 0 Å². The lowest BCUT2D eigenvalue weighted by Gasteiger charge is -2.44. The molecule has 21 nitrogen and oxygen atoms in total. The van der Waals surface area contributed by atoms with Crippen LogP contribution in [0, 0.1) is 0 Å². The number of phenols is 4. The molecule has 4 aromatic carbocycles. The quantitative estimate of drug-likeness (QED) is 0.0403. The molecule has 2 aliphatic rings. The number of aliphatic hydroxyl groups is 3. The summed E-state index contributed by atoms with van der Waals surface area (Å²) < 4.78 is 50.7. The van der Waals surface area contributed by atoms with Gasteiger partial charge in [-0.15, -0.1) is 0 Å². The molecule has 6 rings (SSSR count). The molecule has 0 radical (unpaired) electrons. The number of esters is 5. The number of ether oxygens (including phenoxy) is 9. The summed E-state index contributed by atoms with van der Waals surface area (Å²) in [4.78, 5) is 65.1. The predicted octanol–water partition coefficient (Wildman–Crippen LogP) is 3.06. The maximum Gasteiger partial charge on any atom is 0.331 e. The van der Waals surface area contributed by atoms with Crippen molar-refractivity contribution in [2.24, 2.45) is 0 Å². The van der Waals surface area contributed by atoms with E-state index in [4.69, 9.17) is 42.6 Å². The summed E-state index contributed by atoms with van der Waals surface area (Å²) in [5.74, 6) is -8.02. The Morgan fingerprint density at radius 1 is 0.569 bits per heavy atom. The standard InChI is InChI=1S/C51H50O21/c1-29(52)68-48-45(61)39(26-65-42(58)23-13-33-9-20-37(56)38(25-33)64-2)69-50(47(48)63)72-51(28-67-43(59)22-11-31-5-16-35(54)17-6-31)49(70-44(60)24-12-32-7-18-36(55)19-8-32)46(62)40(71-51)27-66-41(57)21-10-30-3-14-34(53)15-4-30/h3-25,39-40,45-50,53-56,61-63H,26-28H2,1-2H3/b21-10+,22-11+,23-13+,24-12+/t39-,40-,45-,46-,47-,48+,49+,50-,51+/m1/s1. The summed E-state index contributed by atoms with van der Waals surface area (Å²) >= 11 is 0. The maximum atomic E-state index is 13.6. The normalized spacial score (nSPS) is 24.1. The molecule has 7 N–H and O–H groups in total. The lowest BCUT2D eigenvalue weighted by Crippen LogP contribution is -2.64. The molecular weight excluding hydrogens is 949 g/mol. The van der Waals surface area contributed by atoms with Crippen LogP contribution in [-0.4, -0.2) is 147 Å². The van der Waals surface area contributed by atoms with E-state index < -0.39 is 104 Å². The number of methoxy groups -OCH3 is 1. The summed E-state index contributed by atoms with van der Waals surface area (Å²) in [5, 5.41) is 73.8. The minimum absolute atomic E-state index is 0.0151. The molecule has 9 atom stereocenters. The summed E-state index contributed by atoms with van der Waals surface area (Å²) in [6.07, 6.45) is -6.20. The van der Waals surface area contributed by atoms with Gasteiger partial charge in [-0.05, 0) is 95.1 Å². The van der Waals surface area contributed by atoms with E-state index in [9.17, 15) is 59.7 Å². The van der Waals surface area contributed by atoms with E-state index in [0.29, 0.717) is 22.3 Å². The molecule has 0 aliphatic carbocycles. The highest BCUT2D eigenvalue weighted by Gasteiger charge is 2.62. The highest BCUT2D eigenvalue weighted by atomic mass is 16.8. The lowest BCUT2D eigenvalue weighted by molar-refractivity contribution is -0.383. The van der Waals surface area contributed by atoms with Gasteiger partial charge in [-0.25, -0.2) is 19.2 Å². The van der Waals surface area contributed by atoms with E-state index in [1.165, 1.54) is 122 Å². The van der Waals surface area contributed by atoms with Crippen molar-refractivity contribution in [3.63, 3.8) is 0 Å². The van der Waals surface area contributed by atoms with Crippen molar-refractivity contribution in [1.29, 1.82) is 0 Å². The largest absolute Gasteiger partial charge is 0.508 e. The van der Waals surface area contributed by atoms with Crippen molar-refractivity contribution in [3.8, 4) is 28.7 Å². The van der Waals surface area contributed by atoms with Crippen molar-refractivity contribution in [2.75, 3.05) is 26.9 Å². The van der Waals surface area contributed by atoms with Crippen molar-refractivity contribution in [2.45, 2.75) is 61.7 Å². The van der Waals surface area contributed by atoms with Gasteiger partial charge in [-0.3, -0.25) is 4.79 Å². The van der Waals surface area contributed by atoms with E-state index in [-0.39, 0.29) is 28.7 Å². The smallest absolute Gasteiger partial charge is 0.331 e. The molecule has 2 saturated heterocycles. The highest BCUT2D eigenvalue weighted by molar-refractivity contribution is 5.89. The van der Waals surface area contributed by atoms with Crippen LogP contribution in [0.2, 0.25) is 0 Å². The fraction of sp³-hybridized carbons (Fsp3) is 0.275. The van der Waals surface area contributed by atoms with Gasteiger partial charge in [0, 0.05) is 31.2 Å². The van der Waals surface area contributed by atoms with E-state index in [2.05, 4.69) is 0 Å². The predicted molar refractivity (Wildman–Crippen MR) is 249 cm³/mol. The fourth-order valence-electron chi connectivity index (χ4n) is 7.07. The van der Waals surface area contributed by atoms with Crippen molar-refractivity contribution in [3.05, 3.63) is 138 Å². The number of hydrogen-bond acceptors (Lipinski definition) is 21. The van der Waals surface area contributed by atoms with E-state index >= 15 is 0 Å². The molecule has 2 aliphatic heterocycles. The van der Waals surface area contributed by atoms with Crippen LogP contribution in [0.3, 0.4) is 0 Å². The van der Waals surface area contributed by atoms with Crippen LogP contribution >= 0.6 is 0 Å². The lowest BCUT2D eigenvalue weighted by atomic mass is 9.98. The Kier molecular flexibility index (Phi) is 18.3. The number of phenolic OH excluding ortho intramolecular Hbond substituents is 4. The Bertz CT molecular complexity index is 2640. The average molecular weight is 999 g/mol. The first-order valence-corrected chi connectivity index (χ1v) is 21.8. The van der Waals surface area contributed by atoms with Gasteiger partial charge >= 0.3 is 29.8 Å². The number of carbonyl (C=O) groups is 5. The number of rotatable bonds is 19. The molecule has 4 aromatic rings. The minimum Gasteiger partial charge on any atom is -0.508 e. The molecule has 0 aromatic heterocycles. The van der Waals surface area contributed by atoms with E-state index in [0.717, 1.165) is 31.2 Å². The fourth-order valence-corrected chi connectivity index (χ4v) is 7.07. The maximum absolute atomic E-state index is 13.6. The van der Waals surface area contributed by atoms with Gasteiger partial charge in [0.1, 0.15) is 67.6 Å². The molecule has 21 heteroatoms. The van der Waals surface area contributed by atoms with Crippen LogP contribution < -0.4 is 4.74 Å². The summed E-state index contributed by atoms with van der Waals surface area (Å²) in [5.41, 5.74) is 1.80. The van der Waals surface area contributed by atoms with Crippen molar-refractivity contribution < 1.29 is 102 Å². The van der Waals surface area contributed by atoms with E-state index in [1.807, 2.05) is 0 Å². The summed E-state index contributed by atoms with van der Waals surface area (Å²) in [7, 11) is 1.33. The van der Waals surface area contributed by atoms with Crippen molar-refractivity contribution in [1.82, 2.24) is 0 Å². The number of benzene rings is 4. The van der Waals surface area contributed by atoms with Crippen LogP contribution in [-0.2, 0) is 61.9 Å². The van der Waals surface area contributed by atoms with Gasteiger partial charge in [-0.1, -0.05) is 42.5 Å². The van der Waals surface area contributed by atoms with Gasteiger partial charge < -0.3 is 78.4 Å². The van der Waals surface area contributed by atoms with Crippen LogP contribution in [0.4, 0.5) is 0 Å². The van der Waals surface area contributed by atoms with Crippen LogP contribution in [0.15, 0.2) is 115 Å². The Morgan fingerprint density at radius 3 is 1.53 bits per heavy atom. The van der Waals surface area contributed by atoms with Crippen LogP contribution in [0.1, 0.15) is 29.2 Å². The Morgan fingerprint density at radius 2 is 1.03 bits per heavy atom. The Balaban J connectivity index is 1.32. The Hall–Kier alpha value is -8.05. The molecule has 2 fully saturated rings. The van der Waals surface area contributed by atoms with Crippen LogP contribution in [0.25, 0.3) is 24.3 Å². The van der Waals surface area contributed by atoms with Gasteiger partial charge in [0.25, 0.3) is 0 Å². The second kappa shape index (κ2) is 24.7. The second-order valence-corrected chi connectivity index (χ2v) is 15.9. The van der Waals surface area contributed by atoms with Crippen LogP contribution in [0.5, 0.6) is 28.7 Å². The summed E-state index contributed by atoms with van der Waals surface area (Å²) in [6, 6.07) is 21.4. The zero-order valence-corrected chi connectivity index (χ0v) is 38.4. The summed E-state index contributed by atoms with van der Waals surface area (Å²) in [6.45, 7) is -1.67. The average Bonchev–Trinajstić information content (AvgIpc) is 3.61. The monoisotopic (exact) mass is 998 g/mol. The number of aromatic hydroxyl groups is 4. The van der Waals surface area contributed by atoms with Gasteiger partial charge in [0.05, 0.1) is 7.11 Å². The third-order valence-corrected chi connectivity index (χ3v) is 10.7. The third kappa shape index (κ3) is 14.7. The number of carbonyl (C=O) groups excluding carboxylic acids is 5. The molecule has 0 saturated carbocycles. The molecule has 380 valence electrons. The van der Waals surface area contributed by atoms with Gasteiger partial charge in [-0.2, -0.15) is 0 Å². The molecule has 2 heterocycles. The topological polar surface area (TPSA) is 310 Å². The minimum atomic E-state index is -2.73. The SMILES string of the molecule is COc1cc(/C=C/C(=O)OC[C@H]2O[C@H](O[C@]3(COC(=O)/C=C/c4ccc(O)cc4)O[C@H](COC(=O)/C=C/c4ccc(O)cc4)[C@@H](O)[C@@H]3OC(=O)/C=C/c3ccc(O)cc3)[C@H](O)[C@@H](OC(C)=O)[C@@H]2O)ccc1O. The first-order chi connectivity index (χ1) is 34.4. The molecule has 72 heavy (non-hydrogen) atoms. The molecular formula is C51H50O21. The molecule has 0 bridgehead atoms. The first kappa shape index (κ1) is 53.3. The number of hydrogen-bond donors (Lipinski definition) is 7. The molecule has 0 spiro atoms. The molecule has 0 unspecified atom stereocenters. The number of aliphatic hydroxyl groups excluding tert-OH is 3. The van der Waals surface area contributed by atoms with Gasteiger partial charge in [0.2, 0.25) is 5.79 Å². The van der Waals surface area contributed by atoms with Crippen molar-refractivity contribution >= 4 is 54.2 Å². The first-order valence-electron chi connectivity index (χ1n) is 21.8. The zero-order valence-electron chi connectivity index (χ0n) is 38.4. The third-order valence-electron chi connectivity index (χ3n) is 10.7. The highest BCUT2D eigenvalue weighted by Crippen LogP contribution is 2.40. The van der Waals surface area contributed by atoms with Gasteiger partial charge in [0.15, 0.2) is 30.0 Å². The Labute approximate surface area is 410 Å². The second-order valence-electron chi connectivity index (χ2n) is 15.9. The molecule has 0 amide bonds.